The number of hydrogen-bond donors (Lipinski definition) is 1. The number of morpholine rings is 1. The third-order valence-corrected chi connectivity index (χ3v) is 6.13. The van der Waals surface area contributed by atoms with Crippen molar-refractivity contribution in [3.8, 4) is 5.75 Å². The number of nitrogens with zero attached hydrogens (tertiary/aromatic N) is 5. The minimum atomic E-state index is 0.265. The first kappa shape index (κ1) is 21.6. The Morgan fingerprint density at radius 1 is 1.15 bits per heavy atom. The summed E-state index contributed by atoms with van der Waals surface area (Å²) in [5, 5.41) is 10.8. The molecule has 1 fully saturated rings. The van der Waals surface area contributed by atoms with Crippen molar-refractivity contribution in [2.24, 2.45) is 5.10 Å². The molecule has 8 heteroatoms. The predicted molar refractivity (Wildman–Crippen MR) is 131 cm³/mol. The first-order valence-corrected chi connectivity index (χ1v) is 11.3. The molecule has 5 rings (SSSR count). The number of likely N-dealkylation sites (N-methyl/N-ethyl adjacent to an activating group) is 1. The molecule has 2 aliphatic heterocycles. The second-order valence-corrected chi connectivity index (χ2v) is 8.79. The summed E-state index contributed by atoms with van der Waals surface area (Å²) in [6.07, 6.45) is 3.87. The monoisotopic (exact) mass is 446 g/mol. The van der Waals surface area contributed by atoms with Gasteiger partial charge >= 0.3 is 0 Å². The van der Waals surface area contributed by atoms with Gasteiger partial charge in [0.2, 0.25) is 5.95 Å². The van der Waals surface area contributed by atoms with E-state index in [9.17, 15) is 0 Å². The third-order valence-electron chi connectivity index (χ3n) is 6.13. The molecule has 0 spiro atoms. The molecule has 0 saturated carbocycles. The van der Waals surface area contributed by atoms with Crippen molar-refractivity contribution in [1.82, 2.24) is 19.9 Å². The Morgan fingerprint density at radius 2 is 2.00 bits per heavy atom. The van der Waals surface area contributed by atoms with Crippen molar-refractivity contribution >= 4 is 28.8 Å². The van der Waals surface area contributed by atoms with Gasteiger partial charge in [0.15, 0.2) is 0 Å². The van der Waals surface area contributed by atoms with Crippen LogP contribution >= 0.6 is 0 Å². The van der Waals surface area contributed by atoms with E-state index < -0.39 is 0 Å². The number of anilines is 2. The molecule has 1 unspecified atom stereocenters. The van der Waals surface area contributed by atoms with E-state index >= 15 is 0 Å². The van der Waals surface area contributed by atoms with Crippen LogP contribution in [-0.2, 0) is 11.3 Å². The maximum Gasteiger partial charge on any atom is 0.227 e. The van der Waals surface area contributed by atoms with Gasteiger partial charge in [-0.3, -0.25) is 9.91 Å². The maximum atomic E-state index is 5.56. The third kappa shape index (κ3) is 4.91. The number of fused-ring (bicyclic) bond motifs is 1. The first-order valence-electron chi connectivity index (χ1n) is 11.3. The van der Waals surface area contributed by atoms with E-state index in [1.807, 2.05) is 37.5 Å². The van der Waals surface area contributed by atoms with Gasteiger partial charge in [-0.1, -0.05) is 6.07 Å². The number of aryl methyl sites for hydroxylation is 1. The largest absolute Gasteiger partial charge is 0.494 e. The van der Waals surface area contributed by atoms with Crippen molar-refractivity contribution in [1.29, 1.82) is 0 Å². The summed E-state index contributed by atoms with van der Waals surface area (Å²) < 4.78 is 11.1. The summed E-state index contributed by atoms with van der Waals surface area (Å²) in [6, 6.07) is 10.7. The normalized spacial score (nSPS) is 18.8. The molecule has 33 heavy (non-hydrogen) atoms. The highest BCUT2D eigenvalue weighted by molar-refractivity contribution is 5.85. The summed E-state index contributed by atoms with van der Waals surface area (Å²) >= 11 is 0. The molecule has 3 aromatic rings. The molecule has 1 saturated heterocycles. The Kier molecular flexibility index (Phi) is 6.11. The fraction of sp³-hybridized carbons (Fsp3) is 0.400. The average Bonchev–Trinajstić information content (AvgIpc) is 3.25. The highest BCUT2D eigenvalue weighted by Gasteiger charge is 2.19. The number of nitrogens with one attached hydrogen (secondary N) is 1. The maximum absolute atomic E-state index is 5.56. The molecule has 2 aromatic carbocycles. The minimum absolute atomic E-state index is 0.265. The average molecular weight is 447 g/mol. The second kappa shape index (κ2) is 9.33. The van der Waals surface area contributed by atoms with Crippen molar-refractivity contribution in [2.45, 2.75) is 19.4 Å². The lowest BCUT2D eigenvalue weighted by molar-refractivity contribution is 0.0342. The second-order valence-electron chi connectivity index (χ2n) is 8.79. The Hall–Kier alpha value is -3.23. The molecule has 0 radical (unpaired) electrons. The molecule has 0 aliphatic carbocycles. The highest BCUT2D eigenvalue weighted by atomic mass is 16.5. The SMILES string of the molecule is COc1cc(C)cc2cnc(Nc3cc(CN4CCOCC4)cc(C4C=NN(C)C4)c3)nc12. The van der Waals surface area contributed by atoms with E-state index in [0.717, 1.165) is 67.3 Å². The van der Waals surface area contributed by atoms with Crippen LogP contribution in [0.5, 0.6) is 5.75 Å². The van der Waals surface area contributed by atoms with E-state index in [1.54, 1.807) is 7.11 Å². The number of hydrazone groups is 1. The van der Waals surface area contributed by atoms with Crippen molar-refractivity contribution in [3.05, 3.63) is 53.2 Å². The lowest BCUT2D eigenvalue weighted by Crippen LogP contribution is -2.35. The van der Waals surface area contributed by atoms with Gasteiger partial charge in [0.25, 0.3) is 0 Å². The molecular formula is C25H30N6O2. The van der Waals surface area contributed by atoms with Crippen molar-refractivity contribution in [3.63, 3.8) is 0 Å². The van der Waals surface area contributed by atoms with Crippen LogP contribution in [0.4, 0.5) is 11.6 Å². The standard InChI is InChI=1S/C25H30N6O2/c1-17-8-20-13-26-25(29-24(20)23(9-17)32-3)28-22-11-18(15-31-4-6-33-7-5-31)10-19(12-22)21-14-27-30(2)16-21/h8-14,21H,4-7,15-16H2,1-3H3,(H,26,28,29). The summed E-state index contributed by atoms with van der Waals surface area (Å²) in [6.45, 7) is 7.29. The zero-order valence-corrected chi connectivity index (χ0v) is 19.4. The molecule has 1 aromatic heterocycles. The Morgan fingerprint density at radius 3 is 2.76 bits per heavy atom. The van der Waals surface area contributed by atoms with Crippen LogP contribution in [0, 0.1) is 6.92 Å². The molecular weight excluding hydrogens is 416 g/mol. The van der Waals surface area contributed by atoms with Gasteiger partial charge in [0.1, 0.15) is 11.3 Å². The first-order chi connectivity index (χ1) is 16.1. The quantitative estimate of drug-likeness (QED) is 0.621. The molecule has 8 nitrogen and oxygen atoms in total. The summed E-state index contributed by atoms with van der Waals surface area (Å²) in [5.41, 5.74) is 5.39. The van der Waals surface area contributed by atoms with Crippen LogP contribution in [-0.4, -0.2) is 73.1 Å². The van der Waals surface area contributed by atoms with E-state index in [-0.39, 0.29) is 5.92 Å². The van der Waals surface area contributed by atoms with Crippen LogP contribution in [0.15, 0.2) is 41.6 Å². The minimum Gasteiger partial charge on any atom is -0.494 e. The fourth-order valence-electron chi connectivity index (χ4n) is 4.48. The number of hydrogen-bond acceptors (Lipinski definition) is 8. The molecule has 3 heterocycles. The van der Waals surface area contributed by atoms with Crippen molar-refractivity contribution < 1.29 is 9.47 Å². The Balaban J connectivity index is 1.46. The highest BCUT2D eigenvalue weighted by Crippen LogP contribution is 2.29. The Labute approximate surface area is 194 Å². The van der Waals surface area contributed by atoms with Crippen LogP contribution < -0.4 is 10.1 Å². The van der Waals surface area contributed by atoms with E-state index in [2.05, 4.69) is 44.6 Å². The predicted octanol–water partition coefficient (Wildman–Crippen LogP) is 3.54. The zero-order valence-electron chi connectivity index (χ0n) is 19.4. The molecule has 0 amide bonds. The lowest BCUT2D eigenvalue weighted by atomic mass is 9.97. The van der Waals surface area contributed by atoms with Crippen LogP contribution in [0.2, 0.25) is 0 Å². The molecule has 1 atom stereocenters. The fourth-order valence-corrected chi connectivity index (χ4v) is 4.48. The topological polar surface area (TPSA) is 75.1 Å². The molecule has 172 valence electrons. The van der Waals surface area contributed by atoms with E-state index in [0.29, 0.717) is 5.95 Å². The molecule has 0 bridgehead atoms. The van der Waals surface area contributed by atoms with Gasteiger partial charge in [0, 0.05) is 62.6 Å². The van der Waals surface area contributed by atoms with Gasteiger partial charge < -0.3 is 14.8 Å². The van der Waals surface area contributed by atoms with Crippen molar-refractivity contribution in [2.75, 3.05) is 52.3 Å². The number of benzene rings is 2. The smallest absolute Gasteiger partial charge is 0.227 e. The number of rotatable bonds is 6. The van der Waals surface area contributed by atoms with Crippen LogP contribution in [0.3, 0.4) is 0 Å². The number of aromatic nitrogens is 2. The summed E-state index contributed by atoms with van der Waals surface area (Å²) in [7, 11) is 3.68. The van der Waals surface area contributed by atoms with Gasteiger partial charge in [-0.15, -0.1) is 0 Å². The van der Waals surface area contributed by atoms with Gasteiger partial charge in [-0.25, -0.2) is 9.97 Å². The summed E-state index contributed by atoms with van der Waals surface area (Å²) in [4.78, 5) is 11.8. The zero-order chi connectivity index (χ0) is 22.8. The Bertz CT molecular complexity index is 1180. The number of ether oxygens (including phenoxy) is 2. The van der Waals surface area contributed by atoms with Gasteiger partial charge in [-0.05, 0) is 47.9 Å². The number of methoxy groups -OCH3 is 1. The molecule has 1 N–H and O–H groups in total. The van der Waals surface area contributed by atoms with Crippen LogP contribution in [0.25, 0.3) is 10.9 Å². The lowest BCUT2D eigenvalue weighted by Gasteiger charge is -2.27. The summed E-state index contributed by atoms with van der Waals surface area (Å²) in [5.74, 6) is 1.57. The van der Waals surface area contributed by atoms with E-state index in [1.165, 1.54) is 11.1 Å². The van der Waals surface area contributed by atoms with Gasteiger partial charge in [0.05, 0.1) is 20.3 Å². The van der Waals surface area contributed by atoms with Gasteiger partial charge in [-0.2, -0.15) is 5.10 Å². The van der Waals surface area contributed by atoms with Crippen LogP contribution in [0.1, 0.15) is 22.6 Å². The van der Waals surface area contributed by atoms with E-state index in [4.69, 9.17) is 14.5 Å². The molecule has 2 aliphatic rings.